The average Bonchev–Trinajstić information content (AvgIpc) is 3.44. The average molecular weight is 468 g/mol. The minimum absolute atomic E-state index is 0.0274. The van der Waals surface area contributed by atoms with E-state index in [-0.39, 0.29) is 5.91 Å². The molecule has 2 aliphatic carbocycles. The molecule has 2 aliphatic heterocycles. The molecule has 6 rings (SSSR count). The van der Waals surface area contributed by atoms with Gasteiger partial charge in [-0.25, -0.2) is 0 Å². The standard InChI is InChI=1S/C18H23N3O3.C10H18/c1-23-15-4-2-3-13-16-14(5-6-19-18(16)22)21(17(13)15)8-7-20-9-11-24-12-10-20;1-9(2)7-10(3)5-4-8(9)6-10/h2-4H,5-12H2,1H3,(H,19,22);8H,4-7H2,1-3H3. The van der Waals surface area contributed by atoms with Crippen molar-refractivity contribution in [1.82, 2.24) is 14.8 Å². The van der Waals surface area contributed by atoms with Crippen molar-refractivity contribution >= 4 is 16.8 Å². The zero-order valence-corrected chi connectivity index (χ0v) is 21.4. The molecule has 2 bridgehead atoms. The van der Waals surface area contributed by atoms with E-state index in [1.54, 1.807) is 7.11 Å². The summed E-state index contributed by atoms with van der Waals surface area (Å²) in [6.45, 7) is 13.4. The van der Waals surface area contributed by atoms with Crippen molar-refractivity contribution in [3.63, 3.8) is 0 Å². The van der Waals surface area contributed by atoms with Crippen molar-refractivity contribution in [3.05, 3.63) is 29.5 Å². The number of ether oxygens (including phenoxy) is 2. The van der Waals surface area contributed by atoms with Crippen molar-refractivity contribution < 1.29 is 14.3 Å². The summed E-state index contributed by atoms with van der Waals surface area (Å²) in [5.74, 6) is 1.91. The number of hydrogen-bond acceptors (Lipinski definition) is 4. The Balaban J connectivity index is 0.000000200. The SMILES string of the molecule is CC12CCC(C1)C(C)(C)C2.COc1cccc2c3c(n(CCN4CCOCC4)c12)CCNC3=O. The van der Waals surface area contributed by atoms with Crippen molar-refractivity contribution in [1.29, 1.82) is 0 Å². The van der Waals surface area contributed by atoms with Crippen LogP contribution in [0.1, 0.15) is 62.5 Å². The van der Waals surface area contributed by atoms with E-state index in [2.05, 4.69) is 35.6 Å². The van der Waals surface area contributed by atoms with Gasteiger partial charge in [-0.15, -0.1) is 0 Å². The molecule has 2 aromatic rings. The molecule has 6 nitrogen and oxygen atoms in total. The Morgan fingerprint density at radius 2 is 1.97 bits per heavy atom. The number of aromatic nitrogens is 1. The molecular weight excluding hydrogens is 426 g/mol. The fourth-order valence-electron chi connectivity index (χ4n) is 7.20. The first kappa shape index (κ1) is 23.7. The van der Waals surface area contributed by atoms with Gasteiger partial charge in [-0.3, -0.25) is 9.69 Å². The van der Waals surface area contributed by atoms with Crippen LogP contribution in [-0.2, 0) is 17.7 Å². The fourth-order valence-corrected chi connectivity index (χ4v) is 7.20. The van der Waals surface area contributed by atoms with Crippen LogP contribution in [-0.4, -0.2) is 61.9 Å². The molecule has 4 aliphatic rings. The third kappa shape index (κ3) is 4.35. The second-order valence-corrected chi connectivity index (χ2v) is 11.7. The van der Waals surface area contributed by atoms with Gasteiger partial charge >= 0.3 is 0 Å². The molecule has 1 aromatic heterocycles. The number of amides is 1. The molecular formula is C28H41N3O3. The Morgan fingerprint density at radius 3 is 2.59 bits per heavy atom. The molecule has 2 atom stereocenters. The van der Waals surface area contributed by atoms with Gasteiger partial charge in [0.05, 0.1) is 31.4 Å². The van der Waals surface area contributed by atoms with Crippen molar-refractivity contribution in [3.8, 4) is 5.75 Å². The second-order valence-electron chi connectivity index (χ2n) is 11.7. The van der Waals surface area contributed by atoms with Crippen LogP contribution in [0, 0.1) is 16.7 Å². The third-order valence-electron chi connectivity index (χ3n) is 8.81. The first-order chi connectivity index (χ1) is 16.3. The van der Waals surface area contributed by atoms with Gasteiger partial charge in [0.15, 0.2) is 0 Å². The minimum atomic E-state index is 0.0274. The molecule has 0 spiro atoms. The molecule has 34 heavy (non-hydrogen) atoms. The first-order valence-corrected chi connectivity index (χ1v) is 13.1. The number of methoxy groups -OCH3 is 1. The molecule has 1 N–H and O–H groups in total. The summed E-state index contributed by atoms with van der Waals surface area (Å²) in [5, 5.41) is 3.96. The molecule has 2 unspecified atom stereocenters. The number of hydrogen-bond donors (Lipinski definition) is 1. The molecule has 1 saturated heterocycles. The topological polar surface area (TPSA) is 55.7 Å². The van der Waals surface area contributed by atoms with E-state index in [4.69, 9.17) is 9.47 Å². The van der Waals surface area contributed by atoms with Gasteiger partial charge in [-0.2, -0.15) is 0 Å². The number of nitrogens with zero attached hydrogens (tertiary/aromatic N) is 2. The lowest BCUT2D eigenvalue weighted by Gasteiger charge is -2.32. The third-order valence-corrected chi connectivity index (χ3v) is 8.81. The van der Waals surface area contributed by atoms with E-state index in [1.165, 1.54) is 25.7 Å². The number of fused-ring (bicyclic) bond motifs is 5. The quantitative estimate of drug-likeness (QED) is 0.720. The van der Waals surface area contributed by atoms with Crippen LogP contribution in [0.5, 0.6) is 5.75 Å². The summed E-state index contributed by atoms with van der Waals surface area (Å²) in [6, 6.07) is 5.94. The number of rotatable bonds is 4. The van der Waals surface area contributed by atoms with Gasteiger partial charge in [0.2, 0.25) is 0 Å². The summed E-state index contributed by atoms with van der Waals surface area (Å²) < 4.78 is 13.3. The number of carbonyl (C=O) groups excluding carboxylic acids is 1. The van der Waals surface area contributed by atoms with Gasteiger partial charge in [-0.1, -0.05) is 32.9 Å². The van der Waals surface area contributed by atoms with Gasteiger partial charge in [0.25, 0.3) is 5.91 Å². The van der Waals surface area contributed by atoms with E-state index < -0.39 is 0 Å². The van der Waals surface area contributed by atoms with E-state index in [1.807, 2.05) is 18.2 Å². The Hall–Kier alpha value is -2.05. The fraction of sp³-hybridized carbons (Fsp3) is 0.679. The monoisotopic (exact) mass is 467 g/mol. The zero-order valence-electron chi connectivity index (χ0n) is 21.4. The highest BCUT2D eigenvalue weighted by molar-refractivity contribution is 6.10. The van der Waals surface area contributed by atoms with Crippen LogP contribution in [0.15, 0.2) is 18.2 Å². The maximum absolute atomic E-state index is 12.4. The Labute approximate surface area is 204 Å². The van der Waals surface area contributed by atoms with E-state index >= 15 is 0 Å². The van der Waals surface area contributed by atoms with Gasteiger partial charge in [-0.05, 0) is 48.5 Å². The van der Waals surface area contributed by atoms with Crippen LogP contribution in [0.3, 0.4) is 0 Å². The van der Waals surface area contributed by atoms with Crippen LogP contribution >= 0.6 is 0 Å². The molecule has 1 amide bonds. The molecule has 0 radical (unpaired) electrons. The molecule has 1 aromatic carbocycles. The summed E-state index contributed by atoms with van der Waals surface area (Å²) in [6.07, 6.45) is 6.86. The van der Waals surface area contributed by atoms with E-state index in [0.29, 0.717) is 12.0 Å². The number of benzene rings is 1. The molecule has 3 fully saturated rings. The highest BCUT2D eigenvalue weighted by Crippen LogP contribution is 2.62. The Morgan fingerprint density at radius 1 is 1.18 bits per heavy atom. The first-order valence-electron chi connectivity index (χ1n) is 13.1. The normalized spacial score (nSPS) is 27.8. The zero-order chi connectivity index (χ0) is 23.9. The maximum atomic E-state index is 12.4. The minimum Gasteiger partial charge on any atom is -0.495 e. The summed E-state index contributed by atoms with van der Waals surface area (Å²) >= 11 is 0. The number of morpholine rings is 1. The van der Waals surface area contributed by atoms with Crippen LogP contribution in [0.25, 0.3) is 10.9 Å². The predicted molar refractivity (Wildman–Crippen MR) is 136 cm³/mol. The number of para-hydroxylation sites is 1. The van der Waals surface area contributed by atoms with Crippen molar-refractivity contribution in [2.24, 2.45) is 16.7 Å². The van der Waals surface area contributed by atoms with Gasteiger partial charge in [0, 0.05) is 50.2 Å². The van der Waals surface area contributed by atoms with E-state index in [9.17, 15) is 4.79 Å². The number of carbonyl (C=O) groups is 1. The highest BCUT2D eigenvalue weighted by atomic mass is 16.5. The number of nitrogens with one attached hydrogen (secondary N) is 1. The lowest BCUT2D eigenvalue weighted by Crippen LogP contribution is -2.38. The van der Waals surface area contributed by atoms with Crippen molar-refractivity contribution in [2.45, 2.75) is 59.4 Å². The van der Waals surface area contributed by atoms with Gasteiger partial charge < -0.3 is 19.4 Å². The summed E-state index contributed by atoms with van der Waals surface area (Å²) in [4.78, 5) is 14.8. The van der Waals surface area contributed by atoms with E-state index in [0.717, 1.165) is 85.1 Å². The Kier molecular flexibility index (Phi) is 6.40. The summed E-state index contributed by atoms with van der Waals surface area (Å²) in [7, 11) is 1.69. The van der Waals surface area contributed by atoms with Crippen LogP contribution in [0.4, 0.5) is 0 Å². The highest BCUT2D eigenvalue weighted by Gasteiger charge is 2.51. The largest absolute Gasteiger partial charge is 0.495 e. The second kappa shape index (κ2) is 9.19. The summed E-state index contributed by atoms with van der Waals surface area (Å²) in [5.41, 5.74) is 4.40. The van der Waals surface area contributed by atoms with Crippen molar-refractivity contribution in [2.75, 3.05) is 46.5 Å². The van der Waals surface area contributed by atoms with Crippen LogP contribution < -0.4 is 10.1 Å². The molecule has 6 heteroatoms. The lowest BCUT2D eigenvalue weighted by atomic mass is 9.73. The maximum Gasteiger partial charge on any atom is 0.253 e. The smallest absolute Gasteiger partial charge is 0.253 e. The Bertz CT molecular complexity index is 1050. The lowest BCUT2D eigenvalue weighted by molar-refractivity contribution is 0.0364. The van der Waals surface area contributed by atoms with Crippen LogP contribution in [0.2, 0.25) is 0 Å². The molecule has 3 heterocycles. The van der Waals surface area contributed by atoms with Gasteiger partial charge in [0.1, 0.15) is 5.75 Å². The molecule has 186 valence electrons. The predicted octanol–water partition coefficient (Wildman–Crippen LogP) is 4.49. The molecule has 2 saturated carbocycles.